The summed E-state index contributed by atoms with van der Waals surface area (Å²) in [4.78, 5) is 12.0. The van der Waals surface area contributed by atoms with Crippen LogP contribution < -0.4 is 9.47 Å². The molecule has 0 unspecified atom stereocenters. The molecule has 4 aromatic rings. The van der Waals surface area contributed by atoms with Crippen LogP contribution in [0.3, 0.4) is 0 Å². The average Bonchev–Trinajstić information content (AvgIpc) is 3.66. The summed E-state index contributed by atoms with van der Waals surface area (Å²) in [6.45, 7) is 2.60. The predicted molar refractivity (Wildman–Crippen MR) is 157 cm³/mol. The van der Waals surface area contributed by atoms with Crippen LogP contribution >= 0.6 is 0 Å². The number of aromatic amines is 1. The lowest BCUT2D eigenvalue weighted by Crippen LogP contribution is -2.13. The van der Waals surface area contributed by atoms with Crippen LogP contribution in [0.15, 0.2) is 89.0 Å². The third kappa shape index (κ3) is 7.74. The van der Waals surface area contributed by atoms with E-state index in [9.17, 15) is 12.8 Å². The Morgan fingerprint density at radius 1 is 1.02 bits per heavy atom. The number of sulfone groups is 1. The molecule has 1 N–H and O–H groups in total. The van der Waals surface area contributed by atoms with Gasteiger partial charge in [0.05, 0.1) is 18.8 Å². The number of hydrogen-bond donors (Lipinski definition) is 1. The first-order valence-electron chi connectivity index (χ1n) is 13.5. The summed E-state index contributed by atoms with van der Waals surface area (Å²) in [5, 5.41) is -0.0534. The number of nitrogens with zero attached hydrogens (tertiary/aromatic N) is 2. The van der Waals surface area contributed by atoms with Crippen molar-refractivity contribution in [1.82, 2.24) is 9.97 Å². The monoisotopic (exact) mass is 593 g/mol. The van der Waals surface area contributed by atoms with Gasteiger partial charge in [0.2, 0.25) is 5.90 Å². The van der Waals surface area contributed by atoms with Gasteiger partial charge >= 0.3 is 0 Å². The minimum atomic E-state index is -3.44. The van der Waals surface area contributed by atoms with Crippen molar-refractivity contribution < 1.29 is 31.8 Å². The van der Waals surface area contributed by atoms with Crippen molar-refractivity contribution in [3.05, 3.63) is 90.3 Å². The highest BCUT2D eigenvalue weighted by Gasteiger charge is 2.22. The van der Waals surface area contributed by atoms with Crippen LogP contribution in [-0.2, 0) is 25.9 Å². The Bertz CT molecular complexity index is 1620. The molecule has 42 heavy (non-hydrogen) atoms. The number of aliphatic imine (C=N–C) groups is 1. The maximum Gasteiger partial charge on any atom is 0.233 e. The van der Waals surface area contributed by atoms with Crippen LogP contribution in [0.25, 0.3) is 11.3 Å². The molecule has 0 saturated carbocycles. The number of pyridine rings is 1. The molecule has 11 heteroatoms. The molecule has 2 aromatic carbocycles. The number of ether oxygens (including phenoxy) is 4. The Morgan fingerprint density at radius 3 is 2.55 bits per heavy atom. The van der Waals surface area contributed by atoms with Crippen LogP contribution in [0.4, 0.5) is 4.39 Å². The minimum Gasteiger partial charge on any atom is -0.488 e. The van der Waals surface area contributed by atoms with Gasteiger partial charge in [-0.3, -0.25) is 0 Å². The van der Waals surface area contributed by atoms with Gasteiger partial charge in [0.15, 0.2) is 14.9 Å². The van der Waals surface area contributed by atoms with Crippen LogP contribution in [0.2, 0.25) is 0 Å². The van der Waals surface area contributed by atoms with E-state index < -0.39 is 22.6 Å². The molecule has 3 heterocycles. The molecule has 5 rings (SSSR count). The largest absolute Gasteiger partial charge is 0.488 e. The number of nitrogens with one attached hydrogen (secondary N) is 1. The lowest BCUT2D eigenvalue weighted by Gasteiger charge is -2.14. The van der Waals surface area contributed by atoms with E-state index in [1.807, 2.05) is 42.5 Å². The number of hydrogen-bond acceptors (Lipinski definition) is 8. The van der Waals surface area contributed by atoms with Crippen LogP contribution in [0, 0.1) is 0 Å². The Balaban J connectivity index is 1.28. The van der Waals surface area contributed by atoms with E-state index in [1.165, 1.54) is 18.3 Å². The third-order valence-corrected chi connectivity index (χ3v) is 7.41. The normalized spacial score (nSPS) is 15.6. The van der Waals surface area contributed by atoms with E-state index >= 15 is 0 Å². The quantitative estimate of drug-likeness (QED) is 0.196. The molecule has 0 bridgehead atoms. The van der Waals surface area contributed by atoms with Crippen molar-refractivity contribution >= 4 is 15.7 Å². The molecule has 2 aromatic heterocycles. The second-order valence-corrected chi connectivity index (χ2v) is 12.0. The fourth-order valence-corrected chi connectivity index (χ4v) is 4.84. The van der Waals surface area contributed by atoms with Crippen LogP contribution in [0.5, 0.6) is 17.2 Å². The van der Waals surface area contributed by atoms with Gasteiger partial charge in [-0.2, -0.15) is 0 Å². The maximum atomic E-state index is 13.2. The highest BCUT2D eigenvalue weighted by Crippen LogP contribution is 2.33. The van der Waals surface area contributed by atoms with Gasteiger partial charge in [-0.05, 0) is 55.3 Å². The summed E-state index contributed by atoms with van der Waals surface area (Å²) < 4.78 is 60.0. The van der Waals surface area contributed by atoms with Gasteiger partial charge in [-0.1, -0.05) is 30.3 Å². The van der Waals surface area contributed by atoms with Crippen molar-refractivity contribution in [3.8, 4) is 28.5 Å². The molecule has 0 saturated heterocycles. The highest BCUT2D eigenvalue weighted by atomic mass is 32.2. The molecule has 9 nitrogen and oxygen atoms in total. The van der Waals surface area contributed by atoms with E-state index in [0.717, 1.165) is 35.2 Å². The van der Waals surface area contributed by atoms with Crippen molar-refractivity contribution in [2.45, 2.75) is 37.1 Å². The first-order chi connectivity index (χ1) is 20.3. The fourth-order valence-electron chi connectivity index (χ4n) is 4.28. The summed E-state index contributed by atoms with van der Waals surface area (Å²) in [6, 6.07) is 21.9. The molecular weight excluding hydrogens is 561 g/mol. The lowest BCUT2D eigenvalue weighted by atomic mass is 10.1. The summed E-state index contributed by atoms with van der Waals surface area (Å²) in [6.07, 6.45) is 2.51. The van der Waals surface area contributed by atoms with Gasteiger partial charge in [-0.15, -0.1) is 0 Å². The molecule has 0 amide bonds. The predicted octanol–water partition coefficient (Wildman–Crippen LogP) is 5.76. The zero-order chi connectivity index (χ0) is 29.5. The molecule has 2 atom stereocenters. The third-order valence-electron chi connectivity index (χ3n) is 6.41. The topological polar surface area (TPSA) is 112 Å². The van der Waals surface area contributed by atoms with Crippen molar-refractivity contribution in [2.75, 3.05) is 26.1 Å². The van der Waals surface area contributed by atoms with Crippen molar-refractivity contribution in [3.63, 3.8) is 0 Å². The smallest absolute Gasteiger partial charge is 0.233 e. The van der Waals surface area contributed by atoms with Gasteiger partial charge < -0.3 is 23.9 Å². The molecule has 0 spiro atoms. The molecular formula is C31H32FN3O6S. The Hall–Kier alpha value is -4.22. The van der Waals surface area contributed by atoms with Gasteiger partial charge in [-0.25, -0.2) is 22.8 Å². The number of alkyl halides is 1. The second kappa shape index (κ2) is 13.2. The van der Waals surface area contributed by atoms with Crippen molar-refractivity contribution in [1.29, 1.82) is 0 Å². The summed E-state index contributed by atoms with van der Waals surface area (Å²) in [5.74, 6) is 1.68. The van der Waals surface area contributed by atoms with E-state index in [2.05, 4.69) is 9.97 Å². The fraction of sp³-hybridized carbons (Fsp3) is 0.290. The van der Waals surface area contributed by atoms with E-state index in [1.54, 1.807) is 25.1 Å². The molecule has 1 aliphatic rings. The van der Waals surface area contributed by atoms with Crippen LogP contribution in [-0.4, -0.2) is 62.6 Å². The highest BCUT2D eigenvalue weighted by molar-refractivity contribution is 7.90. The summed E-state index contributed by atoms with van der Waals surface area (Å²) in [7, 11) is -3.44. The Kier molecular flexibility index (Phi) is 9.19. The maximum absolute atomic E-state index is 13.2. The van der Waals surface area contributed by atoms with E-state index in [0.29, 0.717) is 43.0 Å². The number of benzene rings is 2. The number of H-pyrrole nitrogens is 1. The van der Waals surface area contributed by atoms with Crippen molar-refractivity contribution in [2.24, 2.45) is 4.99 Å². The van der Waals surface area contributed by atoms with Gasteiger partial charge in [0.25, 0.3) is 0 Å². The molecule has 0 fully saturated rings. The first-order valence-corrected chi connectivity index (χ1v) is 15.4. The average molecular weight is 594 g/mol. The first kappa shape index (κ1) is 29.3. The zero-order valence-corrected chi connectivity index (χ0v) is 24.1. The molecule has 1 aliphatic heterocycles. The molecule has 0 radical (unpaired) electrons. The van der Waals surface area contributed by atoms with E-state index in [4.69, 9.17) is 23.9 Å². The number of aromatic nitrogens is 2. The minimum absolute atomic E-state index is 0.00383. The number of halogens is 1. The Labute approximate surface area is 244 Å². The van der Waals surface area contributed by atoms with Gasteiger partial charge in [0, 0.05) is 30.2 Å². The van der Waals surface area contributed by atoms with E-state index in [-0.39, 0.29) is 11.1 Å². The summed E-state index contributed by atoms with van der Waals surface area (Å²) >= 11 is 0. The Morgan fingerprint density at radius 2 is 1.81 bits per heavy atom. The number of rotatable bonds is 13. The second-order valence-electron chi connectivity index (χ2n) is 9.99. The molecule has 220 valence electrons. The van der Waals surface area contributed by atoms with Gasteiger partial charge in [0.1, 0.15) is 42.3 Å². The zero-order valence-electron chi connectivity index (χ0n) is 23.3. The van der Waals surface area contributed by atoms with Crippen LogP contribution in [0.1, 0.15) is 24.6 Å². The summed E-state index contributed by atoms with van der Waals surface area (Å²) in [5.41, 5.74) is 3.33. The SMILES string of the molecule is C[C@@H](CF)Oc1cc(Oc2ccc(S(C)(=O)=O)nc2)cc(-c2ccc(C3=N[C@H](CCOCc4ccccc4)CO3)[nH]2)c1. The lowest BCUT2D eigenvalue weighted by molar-refractivity contribution is 0.111. The molecule has 0 aliphatic carbocycles. The standard InChI is InChI=1S/C31H32FN3O6S/c1-21(17-32)40-26-14-23(15-27(16-26)41-25-8-11-30(33-18-25)42(2,36)37)28-9-10-29(35-28)31-34-24(20-39-31)12-13-38-19-22-6-4-3-5-7-22/h3-11,14-16,18,21,24,35H,12-13,17,19-20H2,1-2H3/t21-,24+/m0/s1.